The maximum atomic E-state index is 15.0. The smallest absolute Gasteiger partial charge is 0.461 e. The second-order valence-corrected chi connectivity index (χ2v) is 9.95. The van der Waals surface area contributed by atoms with Crippen molar-refractivity contribution >= 4 is 6.03 Å². The van der Waals surface area contributed by atoms with Gasteiger partial charge in [-0.1, -0.05) is 36.4 Å². The predicted molar refractivity (Wildman–Crippen MR) is 136 cm³/mol. The SMILES string of the molecule is COc1ccc([C@@](Cc2ccccc2)(NC(=O)N[C@@H]2CCC(F)(F)C2)c2cc(F)cc(OC(F)(F)C(F)F)c2)cc1F. The standard InChI is InChI=1S/C29H26F8N2O3/c1-41-24-8-7-18(13-23(24)31)28(15-17-5-3-2-4-6-17,39-26(40)38-21-9-10-27(34,35)16-21)19-11-20(30)14-22(12-19)42-29(36,37)25(32)33/h2-8,11-14,21,25H,9-10,15-16H2,1H3,(H2,38,39,40)/t21-,28-/m1/s1. The molecular weight excluding hydrogens is 576 g/mol. The minimum atomic E-state index is -4.99. The number of nitrogens with one attached hydrogen (secondary N) is 2. The first kappa shape index (κ1) is 30.9. The van der Waals surface area contributed by atoms with Crippen molar-refractivity contribution in [2.45, 2.75) is 55.7 Å². The zero-order chi connectivity index (χ0) is 30.7. The lowest BCUT2D eigenvalue weighted by Crippen LogP contribution is -2.54. The van der Waals surface area contributed by atoms with Gasteiger partial charge in [0.2, 0.25) is 5.92 Å². The van der Waals surface area contributed by atoms with Crippen molar-refractivity contribution in [1.82, 2.24) is 10.6 Å². The molecule has 0 unspecified atom stereocenters. The van der Waals surface area contributed by atoms with E-state index in [4.69, 9.17) is 4.74 Å². The molecule has 0 radical (unpaired) electrons. The maximum Gasteiger partial charge on any atom is 0.461 e. The van der Waals surface area contributed by atoms with Crippen molar-refractivity contribution in [3.63, 3.8) is 0 Å². The Morgan fingerprint density at radius 1 is 1.02 bits per heavy atom. The van der Waals surface area contributed by atoms with E-state index >= 15 is 4.39 Å². The number of alkyl halides is 6. The van der Waals surface area contributed by atoms with Gasteiger partial charge in [0.15, 0.2) is 11.6 Å². The highest BCUT2D eigenvalue weighted by atomic mass is 19.3. The number of urea groups is 1. The first-order valence-corrected chi connectivity index (χ1v) is 12.7. The summed E-state index contributed by atoms with van der Waals surface area (Å²) in [5, 5.41) is 5.05. The summed E-state index contributed by atoms with van der Waals surface area (Å²) in [5.41, 5.74) is -1.80. The van der Waals surface area contributed by atoms with E-state index in [0.29, 0.717) is 11.6 Å². The van der Waals surface area contributed by atoms with Gasteiger partial charge in [0.05, 0.1) is 12.6 Å². The molecule has 1 aliphatic rings. The lowest BCUT2D eigenvalue weighted by molar-refractivity contribution is -0.253. The molecule has 0 saturated heterocycles. The highest BCUT2D eigenvalue weighted by Crippen LogP contribution is 2.39. The molecule has 1 saturated carbocycles. The number of halogens is 8. The molecule has 0 bridgehead atoms. The molecule has 4 rings (SSSR count). The third kappa shape index (κ3) is 7.05. The molecule has 0 heterocycles. The van der Waals surface area contributed by atoms with Crippen molar-refractivity contribution in [1.29, 1.82) is 0 Å². The topological polar surface area (TPSA) is 59.6 Å². The van der Waals surface area contributed by atoms with E-state index in [0.717, 1.165) is 18.2 Å². The van der Waals surface area contributed by atoms with Crippen LogP contribution in [0.3, 0.4) is 0 Å². The van der Waals surface area contributed by atoms with E-state index < -0.39 is 66.3 Å². The van der Waals surface area contributed by atoms with Gasteiger partial charge in [0.1, 0.15) is 11.6 Å². The fourth-order valence-corrected chi connectivity index (χ4v) is 4.95. The Bertz CT molecular complexity index is 1410. The molecule has 3 aromatic rings. The zero-order valence-electron chi connectivity index (χ0n) is 22.1. The summed E-state index contributed by atoms with van der Waals surface area (Å²) in [7, 11) is 1.21. The molecule has 13 heteroatoms. The van der Waals surface area contributed by atoms with E-state index in [2.05, 4.69) is 15.4 Å². The van der Waals surface area contributed by atoms with Crippen LogP contribution in [0.5, 0.6) is 11.5 Å². The third-order valence-electron chi connectivity index (χ3n) is 6.89. The van der Waals surface area contributed by atoms with Crippen LogP contribution in [0.15, 0.2) is 66.7 Å². The Kier molecular flexibility index (Phi) is 8.88. The van der Waals surface area contributed by atoms with E-state index in [1.807, 2.05) is 0 Å². The molecule has 3 aromatic carbocycles. The van der Waals surface area contributed by atoms with Gasteiger partial charge >= 0.3 is 18.6 Å². The molecule has 2 atom stereocenters. The third-order valence-corrected chi connectivity index (χ3v) is 6.89. The van der Waals surface area contributed by atoms with E-state index in [1.54, 1.807) is 30.3 Å². The van der Waals surface area contributed by atoms with Gasteiger partial charge < -0.3 is 20.1 Å². The van der Waals surface area contributed by atoms with Crippen LogP contribution in [0.2, 0.25) is 0 Å². The number of carbonyl (C=O) groups excluding carboxylic acids is 1. The van der Waals surface area contributed by atoms with Crippen LogP contribution in [0.4, 0.5) is 39.9 Å². The second-order valence-electron chi connectivity index (χ2n) is 9.95. The van der Waals surface area contributed by atoms with Gasteiger partial charge in [0.25, 0.3) is 0 Å². The summed E-state index contributed by atoms with van der Waals surface area (Å²) in [5.74, 6) is -6.29. The van der Waals surface area contributed by atoms with Gasteiger partial charge in [-0.25, -0.2) is 22.4 Å². The van der Waals surface area contributed by atoms with Crippen molar-refractivity contribution in [2.75, 3.05) is 7.11 Å². The number of amides is 2. The van der Waals surface area contributed by atoms with Crippen molar-refractivity contribution < 1.29 is 49.4 Å². The van der Waals surface area contributed by atoms with E-state index in [-0.39, 0.29) is 29.7 Å². The molecule has 1 fully saturated rings. The number of ether oxygens (including phenoxy) is 2. The first-order chi connectivity index (χ1) is 19.7. The van der Waals surface area contributed by atoms with Gasteiger partial charge in [0, 0.05) is 31.4 Å². The monoisotopic (exact) mass is 602 g/mol. The van der Waals surface area contributed by atoms with E-state index in [1.165, 1.54) is 19.2 Å². The number of hydrogen-bond donors (Lipinski definition) is 2. The lowest BCUT2D eigenvalue weighted by Gasteiger charge is -2.37. The largest absolute Gasteiger partial charge is 0.494 e. The van der Waals surface area contributed by atoms with Gasteiger partial charge in [-0.15, -0.1) is 0 Å². The fourth-order valence-electron chi connectivity index (χ4n) is 4.95. The number of rotatable bonds is 10. The summed E-state index contributed by atoms with van der Waals surface area (Å²) < 4.78 is 120. The molecule has 0 aromatic heterocycles. The van der Waals surface area contributed by atoms with Gasteiger partial charge in [-0.3, -0.25) is 0 Å². The zero-order valence-corrected chi connectivity index (χ0v) is 22.1. The Balaban J connectivity index is 1.88. The summed E-state index contributed by atoms with van der Waals surface area (Å²) in [6.45, 7) is 0. The Morgan fingerprint density at radius 3 is 2.33 bits per heavy atom. The highest BCUT2D eigenvalue weighted by Gasteiger charge is 2.45. The van der Waals surface area contributed by atoms with Crippen LogP contribution in [0, 0.1) is 11.6 Å². The van der Waals surface area contributed by atoms with Crippen LogP contribution < -0.4 is 20.1 Å². The average Bonchev–Trinajstić information content (AvgIpc) is 3.25. The molecule has 2 amide bonds. The summed E-state index contributed by atoms with van der Waals surface area (Å²) >= 11 is 0. The number of methoxy groups -OCH3 is 1. The van der Waals surface area contributed by atoms with Crippen LogP contribution in [-0.4, -0.2) is 37.6 Å². The van der Waals surface area contributed by atoms with E-state index in [9.17, 15) is 35.5 Å². The minimum Gasteiger partial charge on any atom is -0.494 e. The molecule has 226 valence electrons. The van der Waals surface area contributed by atoms with Crippen LogP contribution in [0.25, 0.3) is 0 Å². The summed E-state index contributed by atoms with van der Waals surface area (Å²) in [4.78, 5) is 13.3. The average molecular weight is 603 g/mol. The van der Waals surface area contributed by atoms with Crippen LogP contribution in [0.1, 0.15) is 36.0 Å². The quantitative estimate of drug-likeness (QED) is 0.242. The molecule has 2 N–H and O–H groups in total. The Morgan fingerprint density at radius 2 is 1.74 bits per heavy atom. The Hall–Kier alpha value is -4.03. The second kappa shape index (κ2) is 12.1. The number of hydrogen-bond acceptors (Lipinski definition) is 3. The number of benzene rings is 3. The fraction of sp³-hybridized carbons (Fsp3) is 0.345. The molecule has 0 aliphatic heterocycles. The van der Waals surface area contributed by atoms with Crippen LogP contribution in [-0.2, 0) is 12.0 Å². The molecule has 1 aliphatic carbocycles. The Labute approximate surface area is 235 Å². The maximum absolute atomic E-state index is 15.0. The van der Waals surface area contributed by atoms with Crippen molar-refractivity contribution in [2.24, 2.45) is 0 Å². The summed E-state index contributed by atoms with van der Waals surface area (Å²) in [6.07, 6.45) is -10.6. The molecular formula is C29H26F8N2O3. The minimum absolute atomic E-state index is 0.0336. The predicted octanol–water partition coefficient (Wildman–Crippen LogP) is 7.18. The molecule has 0 spiro atoms. The molecule has 42 heavy (non-hydrogen) atoms. The molecule has 5 nitrogen and oxygen atoms in total. The summed E-state index contributed by atoms with van der Waals surface area (Å²) in [6, 6.07) is 11.9. The van der Waals surface area contributed by atoms with Crippen LogP contribution >= 0.6 is 0 Å². The normalized spacial score (nSPS) is 17.9. The van der Waals surface area contributed by atoms with Gasteiger partial charge in [-0.2, -0.15) is 17.6 Å². The lowest BCUT2D eigenvalue weighted by atomic mass is 9.77. The van der Waals surface area contributed by atoms with Crippen molar-refractivity contribution in [3.05, 3.63) is 95.1 Å². The highest BCUT2D eigenvalue weighted by molar-refractivity contribution is 5.76. The van der Waals surface area contributed by atoms with Crippen molar-refractivity contribution in [3.8, 4) is 11.5 Å². The van der Waals surface area contributed by atoms with Gasteiger partial charge in [-0.05, 0) is 47.4 Å². The first-order valence-electron chi connectivity index (χ1n) is 12.7. The number of carbonyl (C=O) groups is 1.